The number of hydrogen-bond donors (Lipinski definition) is 0. The third kappa shape index (κ3) is 3.88. The quantitative estimate of drug-likeness (QED) is 0.767. The molecule has 19 heavy (non-hydrogen) atoms. The van der Waals surface area contributed by atoms with E-state index in [4.69, 9.17) is 4.74 Å². The molecule has 0 spiro atoms. The molecule has 0 radical (unpaired) electrons. The van der Waals surface area contributed by atoms with Gasteiger partial charge in [0.1, 0.15) is 24.5 Å². The Morgan fingerprint density at radius 2 is 2.00 bits per heavy atom. The van der Waals surface area contributed by atoms with E-state index in [-0.39, 0.29) is 29.6 Å². The second-order valence-electron chi connectivity index (χ2n) is 4.93. The van der Waals surface area contributed by atoms with Crippen LogP contribution in [0.15, 0.2) is 18.2 Å². The van der Waals surface area contributed by atoms with Crippen LogP contribution in [0, 0.1) is 11.7 Å². The molecule has 0 amide bonds. The Bertz CT molecular complexity index is 464. The number of Topliss-reactive ketones (excluding diaryl/α,β-unsaturated/α-hetero) is 1. The van der Waals surface area contributed by atoms with E-state index in [1.807, 2.05) is 0 Å². The van der Waals surface area contributed by atoms with Crippen molar-refractivity contribution in [2.75, 3.05) is 6.61 Å². The number of ether oxygens (including phenoxy) is 1. The molecule has 0 atom stereocenters. The lowest BCUT2D eigenvalue weighted by atomic mass is 9.86. The Labute approximate surface area is 111 Å². The van der Waals surface area contributed by atoms with Crippen molar-refractivity contribution in [2.45, 2.75) is 32.1 Å². The number of carbonyl (C=O) groups is 2. The van der Waals surface area contributed by atoms with Crippen molar-refractivity contribution in [3.63, 3.8) is 0 Å². The Balaban J connectivity index is 1.92. The second-order valence-corrected chi connectivity index (χ2v) is 4.93. The maximum Gasteiger partial charge on any atom is 0.173 e. The molecule has 1 aromatic carbocycles. The molecule has 0 heterocycles. The van der Waals surface area contributed by atoms with Crippen LogP contribution in [0.4, 0.5) is 4.39 Å². The summed E-state index contributed by atoms with van der Waals surface area (Å²) >= 11 is 0. The minimum Gasteiger partial charge on any atom is -0.486 e. The molecule has 1 aromatic rings. The zero-order valence-electron chi connectivity index (χ0n) is 10.7. The summed E-state index contributed by atoms with van der Waals surface area (Å²) in [6.45, 7) is -0.0492. The van der Waals surface area contributed by atoms with Crippen LogP contribution in [-0.2, 0) is 4.79 Å². The van der Waals surface area contributed by atoms with Gasteiger partial charge in [-0.2, -0.15) is 0 Å². The van der Waals surface area contributed by atoms with Gasteiger partial charge < -0.3 is 4.74 Å². The Morgan fingerprint density at radius 1 is 1.26 bits per heavy atom. The first-order valence-corrected chi connectivity index (χ1v) is 6.60. The summed E-state index contributed by atoms with van der Waals surface area (Å²) in [5.74, 6) is -0.166. The summed E-state index contributed by atoms with van der Waals surface area (Å²) in [4.78, 5) is 22.5. The highest BCUT2D eigenvalue weighted by Crippen LogP contribution is 2.24. The average molecular weight is 264 g/mol. The molecule has 0 saturated heterocycles. The third-order valence-electron chi connectivity index (χ3n) is 3.47. The molecular formula is C15H17FO3. The smallest absolute Gasteiger partial charge is 0.173 e. The molecule has 4 heteroatoms. The van der Waals surface area contributed by atoms with E-state index < -0.39 is 5.82 Å². The highest BCUT2D eigenvalue weighted by atomic mass is 19.1. The fraction of sp³-hybridized carbons (Fsp3) is 0.467. The third-order valence-corrected chi connectivity index (χ3v) is 3.47. The predicted molar refractivity (Wildman–Crippen MR) is 68.9 cm³/mol. The van der Waals surface area contributed by atoms with Gasteiger partial charge in [-0.05, 0) is 25.0 Å². The normalized spacial score (nSPS) is 16.1. The van der Waals surface area contributed by atoms with Crippen LogP contribution in [0.25, 0.3) is 0 Å². The molecule has 102 valence electrons. The van der Waals surface area contributed by atoms with Gasteiger partial charge in [-0.3, -0.25) is 9.59 Å². The number of hydrogen-bond acceptors (Lipinski definition) is 3. The van der Waals surface area contributed by atoms with E-state index in [0.29, 0.717) is 6.29 Å². The van der Waals surface area contributed by atoms with E-state index in [0.717, 1.165) is 31.7 Å². The zero-order chi connectivity index (χ0) is 13.7. The van der Waals surface area contributed by atoms with Gasteiger partial charge >= 0.3 is 0 Å². The average Bonchev–Trinajstić information content (AvgIpc) is 2.45. The topological polar surface area (TPSA) is 43.4 Å². The first-order valence-electron chi connectivity index (χ1n) is 6.60. The maximum absolute atomic E-state index is 13.2. The Morgan fingerprint density at radius 3 is 2.68 bits per heavy atom. The molecule has 3 nitrogen and oxygen atoms in total. The van der Waals surface area contributed by atoms with Gasteiger partial charge in [-0.15, -0.1) is 0 Å². The molecule has 0 aromatic heterocycles. The number of rotatable bonds is 5. The standard InChI is InChI=1S/C15H17FO3/c16-13-6-11(9-17)7-14(8-13)19-10-15(18)12-4-2-1-3-5-12/h6-9,12H,1-5,10H2. The summed E-state index contributed by atoms with van der Waals surface area (Å²) in [5, 5.41) is 0. The van der Waals surface area contributed by atoms with E-state index in [2.05, 4.69) is 0 Å². The summed E-state index contributed by atoms with van der Waals surface area (Å²) < 4.78 is 18.5. The van der Waals surface area contributed by atoms with Crippen molar-refractivity contribution < 1.29 is 18.7 Å². The lowest BCUT2D eigenvalue weighted by Crippen LogP contribution is -2.23. The molecule has 0 bridgehead atoms. The molecule has 1 aliphatic rings. The van der Waals surface area contributed by atoms with Crippen LogP contribution in [0.3, 0.4) is 0 Å². The van der Waals surface area contributed by atoms with Crippen molar-refractivity contribution in [3.8, 4) is 5.75 Å². The van der Waals surface area contributed by atoms with Crippen LogP contribution < -0.4 is 4.74 Å². The fourth-order valence-corrected chi connectivity index (χ4v) is 2.43. The number of ketones is 1. The van der Waals surface area contributed by atoms with Crippen LogP contribution >= 0.6 is 0 Å². The first kappa shape index (κ1) is 13.7. The van der Waals surface area contributed by atoms with Crippen molar-refractivity contribution in [1.82, 2.24) is 0 Å². The Kier molecular flexibility index (Phi) is 4.66. The molecule has 1 fully saturated rings. The first-order chi connectivity index (χ1) is 9.19. The Hall–Kier alpha value is -1.71. The van der Waals surface area contributed by atoms with Crippen molar-refractivity contribution in [2.24, 2.45) is 5.92 Å². The van der Waals surface area contributed by atoms with Gasteiger partial charge in [-0.1, -0.05) is 19.3 Å². The monoisotopic (exact) mass is 264 g/mol. The predicted octanol–water partition coefficient (Wildman–Crippen LogP) is 3.17. The summed E-state index contributed by atoms with van der Waals surface area (Å²) in [6.07, 6.45) is 5.77. The molecule has 0 N–H and O–H groups in total. The maximum atomic E-state index is 13.2. The number of benzene rings is 1. The van der Waals surface area contributed by atoms with E-state index in [1.165, 1.54) is 18.6 Å². The molecule has 1 saturated carbocycles. The zero-order valence-corrected chi connectivity index (χ0v) is 10.7. The van der Waals surface area contributed by atoms with Crippen LogP contribution in [0.2, 0.25) is 0 Å². The minimum atomic E-state index is -0.537. The highest BCUT2D eigenvalue weighted by Gasteiger charge is 2.21. The van der Waals surface area contributed by atoms with Gasteiger partial charge in [0, 0.05) is 17.5 Å². The minimum absolute atomic E-state index is 0.0492. The number of halogens is 1. The van der Waals surface area contributed by atoms with Gasteiger partial charge in [0.2, 0.25) is 0 Å². The fourth-order valence-electron chi connectivity index (χ4n) is 2.43. The SMILES string of the molecule is O=Cc1cc(F)cc(OCC(=O)C2CCCCC2)c1. The van der Waals surface area contributed by atoms with Crippen molar-refractivity contribution >= 4 is 12.1 Å². The summed E-state index contributed by atoms with van der Waals surface area (Å²) in [6, 6.07) is 3.74. The van der Waals surface area contributed by atoms with E-state index in [1.54, 1.807) is 0 Å². The van der Waals surface area contributed by atoms with Gasteiger partial charge in [0.05, 0.1) is 0 Å². The lowest BCUT2D eigenvalue weighted by molar-refractivity contribution is -0.125. The number of aldehydes is 1. The lowest BCUT2D eigenvalue weighted by Gasteiger charge is -2.20. The highest BCUT2D eigenvalue weighted by molar-refractivity contribution is 5.82. The summed E-state index contributed by atoms with van der Waals surface area (Å²) in [7, 11) is 0. The molecular weight excluding hydrogens is 247 g/mol. The van der Waals surface area contributed by atoms with Crippen LogP contribution in [0.5, 0.6) is 5.75 Å². The molecule has 2 rings (SSSR count). The van der Waals surface area contributed by atoms with Gasteiger partial charge in [-0.25, -0.2) is 4.39 Å². The second kappa shape index (κ2) is 6.45. The van der Waals surface area contributed by atoms with E-state index in [9.17, 15) is 14.0 Å². The molecule has 1 aliphatic carbocycles. The van der Waals surface area contributed by atoms with Gasteiger partial charge in [0.25, 0.3) is 0 Å². The summed E-state index contributed by atoms with van der Waals surface area (Å²) in [5.41, 5.74) is 0.208. The largest absolute Gasteiger partial charge is 0.486 e. The van der Waals surface area contributed by atoms with E-state index >= 15 is 0 Å². The van der Waals surface area contributed by atoms with Crippen LogP contribution in [0.1, 0.15) is 42.5 Å². The van der Waals surface area contributed by atoms with Crippen LogP contribution in [-0.4, -0.2) is 18.7 Å². The molecule has 0 unspecified atom stereocenters. The van der Waals surface area contributed by atoms with Crippen molar-refractivity contribution in [1.29, 1.82) is 0 Å². The number of carbonyl (C=O) groups excluding carboxylic acids is 2. The molecule has 0 aliphatic heterocycles. The van der Waals surface area contributed by atoms with Gasteiger partial charge in [0.15, 0.2) is 5.78 Å². The van der Waals surface area contributed by atoms with Crippen molar-refractivity contribution in [3.05, 3.63) is 29.6 Å².